The van der Waals surface area contributed by atoms with Crippen LogP contribution in [0.3, 0.4) is 0 Å². The molecule has 1 saturated heterocycles. The standard InChI is InChI=1S/C14H19F4N3/c15-12-3-1-2-4-13(12)19-5-6-20-7-9-21(10-8-20)11-14(16,17)18/h1-4,19H,5-11H2. The van der Waals surface area contributed by atoms with Crippen LogP contribution in [0.2, 0.25) is 0 Å². The molecule has 1 N–H and O–H groups in total. The number of piperazine rings is 1. The third-order valence-corrected chi connectivity index (χ3v) is 3.49. The molecular weight excluding hydrogens is 286 g/mol. The van der Waals surface area contributed by atoms with Gasteiger partial charge in [-0.2, -0.15) is 13.2 Å². The summed E-state index contributed by atoms with van der Waals surface area (Å²) < 4.78 is 50.2. The number of nitrogens with zero attached hydrogens (tertiary/aromatic N) is 2. The number of anilines is 1. The molecule has 1 aliphatic rings. The van der Waals surface area contributed by atoms with Gasteiger partial charge in [0.15, 0.2) is 0 Å². The first-order chi connectivity index (χ1) is 9.94. The minimum absolute atomic E-state index is 0.299. The van der Waals surface area contributed by atoms with Crippen LogP contribution in [0.5, 0.6) is 0 Å². The Hall–Kier alpha value is -1.34. The van der Waals surface area contributed by atoms with Crippen molar-refractivity contribution >= 4 is 5.69 Å². The molecule has 1 aromatic carbocycles. The summed E-state index contributed by atoms with van der Waals surface area (Å²) in [4.78, 5) is 3.50. The lowest BCUT2D eigenvalue weighted by molar-refractivity contribution is -0.149. The Balaban J connectivity index is 1.66. The first-order valence-electron chi connectivity index (χ1n) is 6.94. The van der Waals surface area contributed by atoms with Crippen LogP contribution in [-0.2, 0) is 0 Å². The van der Waals surface area contributed by atoms with Gasteiger partial charge in [0.05, 0.1) is 12.2 Å². The summed E-state index contributed by atoms with van der Waals surface area (Å²) in [6, 6.07) is 6.43. The smallest absolute Gasteiger partial charge is 0.381 e. The van der Waals surface area contributed by atoms with Gasteiger partial charge < -0.3 is 5.32 Å². The van der Waals surface area contributed by atoms with Gasteiger partial charge in [0.25, 0.3) is 0 Å². The summed E-state index contributed by atoms with van der Waals surface area (Å²) in [6.07, 6.45) is -4.13. The number of para-hydroxylation sites is 1. The van der Waals surface area contributed by atoms with Crippen LogP contribution >= 0.6 is 0 Å². The maximum atomic E-state index is 13.4. The fraction of sp³-hybridized carbons (Fsp3) is 0.571. The normalized spacial score (nSPS) is 17.9. The molecule has 2 rings (SSSR count). The first-order valence-corrected chi connectivity index (χ1v) is 6.94. The van der Waals surface area contributed by atoms with E-state index in [1.54, 1.807) is 18.2 Å². The number of hydrogen-bond donors (Lipinski definition) is 1. The number of rotatable bonds is 5. The minimum atomic E-state index is -4.13. The van der Waals surface area contributed by atoms with Gasteiger partial charge in [-0.1, -0.05) is 12.1 Å². The van der Waals surface area contributed by atoms with Crippen molar-refractivity contribution in [2.45, 2.75) is 6.18 Å². The van der Waals surface area contributed by atoms with Crippen LogP contribution in [0, 0.1) is 5.82 Å². The molecule has 0 atom stereocenters. The van der Waals surface area contributed by atoms with E-state index in [0.717, 1.165) is 0 Å². The van der Waals surface area contributed by atoms with Gasteiger partial charge in [-0.05, 0) is 12.1 Å². The van der Waals surface area contributed by atoms with E-state index >= 15 is 0 Å². The molecule has 1 aliphatic heterocycles. The molecule has 1 fully saturated rings. The Bertz CT molecular complexity index is 442. The largest absolute Gasteiger partial charge is 0.401 e. The third kappa shape index (κ3) is 5.51. The number of alkyl halides is 3. The lowest BCUT2D eigenvalue weighted by Crippen LogP contribution is -2.50. The lowest BCUT2D eigenvalue weighted by atomic mass is 10.3. The summed E-state index contributed by atoms with van der Waals surface area (Å²) in [5, 5.41) is 3.00. The third-order valence-electron chi connectivity index (χ3n) is 3.49. The average Bonchev–Trinajstić information content (AvgIpc) is 2.41. The molecular formula is C14H19F4N3. The molecule has 1 aromatic rings. The Kier molecular flexibility index (Phi) is 5.41. The first kappa shape index (κ1) is 16.0. The summed E-state index contributed by atoms with van der Waals surface area (Å²) >= 11 is 0. The van der Waals surface area contributed by atoms with Crippen LogP contribution < -0.4 is 5.32 Å². The second-order valence-corrected chi connectivity index (χ2v) is 5.14. The summed E-state index contributed by atoms with van der Waals surface area (Å²) in [6.45, 7) is 2.46. The second kappa shape index (κ2) is 7.09. The molecule has 1 heterocycles. The fourth-order valence-electron chi connectivity index (χ4n) is 2.38. The van der Waals surface area contributed by atoms with Gasteiger partial charge in [-0.3, -0.25) is 9.80 Å². The second-order valence-electron chi connectivity index (χ2n) is 5.14. The summed E-state index contributed by atoms with van der Waals surface area (Å²) in [7, 11) is 0. The van der Waals surface area contributed by atoms with E-state index in [9.17, 15) is 17.6 Å². The van der Waals surface area contributed by atoms with Crippen LogP contribution in [0.15, 0.2) is 24.3 Å². The number of hydrogen-bond acceptors (Lipinski definition) is 3. The molecule has 118 valence electrons. The zero-order valence-electron chi connectivity index (χ0n) is 11.7. The monoisotopic (exact) mass is 305 g/mol. The van der Waals surface area contributed by atoms with Crippen molar-refractivity contribution in [3.63, 3.8) is 0 Å². The van der Waals surface area contributed by atoms with E-state index in [2.05, 4.69) is 10.2 Å². The molecule has 0 spiro atoms. The molecule has 0 radical (unpaired) electrons. The van der Waals surface area contributed by atoms with Crippen molar-refractivity contribution in [1.82, 2.24) is 9.80 Å². The molecule has 0 aliphatic carbocycles. The maximum Gasteiger partial charge on any atom is 0.401 e. The average molecular weight is 305 g/mol. The highest BCUT2D eigenvalue weighted by Gasteiger charge is 2.31. The van der Waals surface area contributed by atoms with E-state index in [0.29, 0.717) is 45.0 Å². The van der Waals surface area contributed by atoms with Gasteiger partial charge in [0.1, 0.15) is 5.82 Å². The van der Waals surface area contributed by atoms with Crippen molar-refractivity contribution < 1.29 is 17.6 Å². The van der Waals surface area contributed by atoms with Crippen LogP contribution in [-0.4, -0.2) is 61.8 Å². The van der Waals surface area contributed by atoms with Gasteiger partial charge in [0.2, 0.25) is 0 Å². The van der Waals surface area contributed by atoms with Crippen molar-refractivity contribution in [2.24, 2.45) is 0 Å². The van der Waals surface area contributed by atoms with Gasteiger partial charge in [-0.25, -0.2) is 4.39 Å². The molecule has 0 amide bonds. The maximum absolute atomic E-state index is 13.4. The fourth-order valence-corrected chi connectivity index (χ4v) is 2.38. The SMILES string of the molecule is Fc1ccccc1NCCN1CCN(CC(F)(F)F)CC1. The van der Waals surface area contributed by atoms with Crippen molar-refractivity contribution in [3.8, 4) is 0 Å². The van der Waals surface area contributed by atoms with E-state index in [1.807, 2.05) is 0 Å². The van der Waals surface area contributed by atoms with Gasteiger partial charge >= 0.3 is 6.18 Å². The predicted molar refractivity (Wildman–Crippen MR) is 73.8 cm³/mol. The highest BCUT2D eigenvalue weighted by Crippen LogP contribution is 2.17. The summed E-state index contributed by atoms with van der Waals surface area (Å²) in [5.41, 5.74) is 0.452. The zero-order chi connectivity index (χ0) is 15.3. The van der Waals surface area contributed by atoms with Crippen LogP contribution in [0.25, 0.3) is 0 Å². The van der Waals surface area contributed by atoms with Crippen LogP contribution in [0.1, 0.15) is 0 Å². The van der Waals surface area contributed by atoms with Gasteiger partial charge in [-0.15, -0.1) is 0 Å². The zero-order valence-corrected chi connectivity index (χ0v) is 11.7. The number of benzene rings is 1. The Morgan fingerprint density at radius 3 is 2.24 bits per heavy atom. The van der Waals surface area contributed by atoms with Gasteiger partial charge in [0, 0.05) is 39.3 Å². The molecule has 0 bridgehead atoms. The Labute approximate surface area is 121 Å². The Morgan fingerprint density at radius 1 is 1.00 bits per heavy atom. The quantitative estimate of drug-likeness (QED) is 0.843. The van der Waals surface area contributed by atoms with E-state index in [-0.39, 0.29) is 5.82 Å². The topological polar surface area (TPSA) is 18.5 Å². The predicted octanol–water partition coefficient (Wildman–Crippen LogP) is 2.42. The highest BCUT2D eigenvalue weighted by molar-refractivity contribution is 5.44. The van der Waals surface area contributed by atoms with E-state index < -0.39 is 12.7 Å². The van der Waals surface area contributed by atoms with Crippen molar-refractivity contribution in [2.75, 3.05) is 51.1 Å². The molecule has 21 heavy (non-hydrogen) atoms. The molecule has 3 nitrogen and oxygen atoms in total. The van der Waals surface area contributed by atoms with Crippen molar-refractivity contribution in [3.05, 3.63) is 30.1 Å². The molecule has 0 unspecified atom stereocenters. The number of nitrogens with one attached hydrogen (secondary N) is 1. The molecule has 0 saturated carbocycles. The molecule has 0 aromatic heterocycles. The van der Waals surface area contributed by atoms with Crippen LogP contribution in [0.4, 0.5) is 23.2 Å². The minimum Gasteiger partial charge on any atom is -0.381 e. The highest BCUT2D eigenvalue weighted by atomic mass is 19.4. The summed E-state index contributed by atoms with van der Waals surface area (Å²) in [5.74, 6) is -0.299. The van der Waals surface area contributed by atoms with Crippen molar-refractivity contribution in [1.29, 1.82) is 0 Å². The van der Waals surface area contributed by atoms with E-state index in [4.69, 9.17) is 0 Å². The Morgan fingerprint density at radius 2 is 1.62 bits per heavy atom. The molecule has 7 heteroatoms. The number of halogens is 4. The lowest BCUT2D eigenvalue weighted by Gasteiger charge is -2.35. The van der Waals surface area contributed by atoms with E-state index in [1.165, 1.54) is 11.0 Å².